The number of ether oxygens (including phenoxy) is 1. The van der Waals surface area contributed by atoms with E-state index in [2.05, 4.69) is 31.0 Å². The lowest BCUT2D eigenvalue weighted by molar-refractivity contribution is 0.0294. The van der Waals surface area contributed by atoms with E-state index >= 15 is 0 Å². The summed E-state index contributed by atoms with van der Waals surface area (Å²) in [7, 11) is 2.06. The van der Waals surface area contributed by atoms with Gasteiger partial charge < -0.3 is 4.74 Å². The van der Waals surface area contributed by atoms with Gasteiger partial charge in [-0.1, -0.05) is 25.2 Å². The van der Waals surface area contributed by atoms with Crippen molar-refractivity contribution in [2.24, 2.45) is 0 Å². The molecule has 2 nitrogen and oxygen atoms in total. The van der Waals surface area contributed by atoms with Crippen LogP contribution < -0.4 is 0 Å². The Balaban J connectivity index is 4.47. The maximum atomic E-state index is 5.94. The molecular weight excluding hydrogens is 198 g/mol. The standard InChI is InChI=1S/C14H25NO/c1-6-10-12-13(8-3)16-14(11-7-2)15(5)9-4/h6-8,10-11,14H,9,12H2,1-5H3/b10-6-,11-7-,13-8+. The molecule has 92 valence electrons. The minimum absolute atomic E-state index is 0.0338. The number of rotatable bonds is 7. The third kappa shape index (κ3) is 5.76. The highest BCUT2D eigenvalue weighted by Crippen LogP contribution is 2.11. The summed E-state index contributed by atoms with van der Waals surface area (Å²) in [5, 5.41) is 0. The van der Waals surface area contributed by atoms with Gasteiger partial charge in [0.15, 0.2) is 6.23 Å². The molecular formula is C14H25NO. The van der Waals surface area contributed by atoms with Crippen LogP contribution in [-0.4, -0.2) is 24.7 Å². The van der Waals surface area contributed by atoms with Crippen molar-refractivity contribution in [2.45, 2.75) is 40.3 Å². The zero-order chi connectivity index (χ0) is 12.4. The van der Waals surface area contributed by atoms with Crippen molar-refractivity contribution in [3.8, 4) is 0 Å². The van der Waals surface area contributed by atoms with Crippen molar-refractivity contribution in [1.82, 2.24) is 4.90 Å². The lowest BCUT2D eigenvalue weighted by Crippen LogP contribution is -2.32. The Labute approximate surface area is 100 Å². The molecule has 16 heavy (non-hydrogen) atoms. The molecule has 0 fully saturated rings. The topological polar surface area (TPSA) is 12.5 Å². The van der Waals surface area contributed by atoms with Crippen LogP contribution in [0.5, 0.6) is 0 Å². The SMILES string of the molecule is C/C=C\C/C(=C\C)OC(/C=C\C)N(C)CC. The fourth-order valence-electron chi connectivity index (χ4n) is 1.24. The van der Waals surface area contributed by atoms with Gasteiger partial charge in [-0.15, -0.1) is 0 Å². The van der Waals surface area contributed by atoms with Gasteiger partial charge in [0.2, 0.25) is 0 Å². The molecule has 1 unspecified atom stereocenters. The van der Waals surface area contributed by atoms with Crippen LogP contribution in [-0.2, 0) is 4.74 Å². The molecule has 0 heterocycles. The van der Waals surface area contributed by atoms with Crippen LogP contribution in [0.25, 0.3) is 0 Å². The van der Waals surface area contributed by atoms with Gasteiger partial charge in [-0.05, 0) is 46.5 Å². The molecule has 0 bridgehead atoms. The Morgan fingerprint density at radius 3 is 2.38 bits per heavy atom. The number of hydrogen-bond acceptors (Lipinski definition) is 2. The lowest BCUT2D eigenvalue weighted by atomic mass is 10.3. The zero-order valence-electron chi connectivity index (χ0n) is 11.2. The first kappa shape index (κ1) is 15.0. The van der Waals surface area contributed by atoms with Gasteiger partial charge in [0, 0.05) is 6.42 Å². The minimum Gasteiger partial charge on any atom is -0.476 e. The number of likely N-dealkylation sites (N-methyl/N-ethyl adjacent to an activating group) is 1. The molecule has 0 N–H and O–H groups in total. The molecule has 0 saturated carbocycles. The van der Waals surface area contributed by atoms with Crippen LogP contribution in [0, 0.1) is 0 Å². The Morgan fingerprint density at radius 1 is 1.25 bits per heavy atom. The van der Waals surface area contributed by atoms with Crippen molar-refractivity contribution in [3.63, 3.8) is 0 Å². The molecule has 0 rings (SSSR count). The Hall–Kier alpha value is -1.02. The Bertz CT molecular complexity index is 253. The number of hydrogen-bond donors (Lipinski definition) is 0. The highest BCUT2D eigenvalue weighted by atomic mass is 16.5. The first-order valence-corrected chi connectivity index (χ1v) is 5.95. The van der Waals surface area contributed by atoms with Gasteiger partial charge in [0.1, 0.15) is 0 Å². The molecule has 0 spiro atoms. The van der Waals surface area contributed by atoms with E-state index in [0.717, 1.165) is 18.7 Å². The molecule has 0 aromatic rings. The largest absolute Gasteiger partial charge is 0.476 e. The van der Waals surface area contributed by atoms with Crippen LogP contribution in [0.1, 0.15) is 34.1 Å². The molecule has 0 aromatic heterocycles. The second kappa shape index (κ2) is 9.22. The molecule has 0 saturated heterocycles. The summed E-state index contributed by atoms with van der Waals surface area (Å²) in [4.78, 5) is 2.17. The average molecular weight is 223 g/mol. The zero-order valence-corrected chi connectivity index (χ0v) is 11.2. The van der Waals surface area contributed by atoms with E-state index < -0.39 is 0 Å². The van der Waals surface area contributed by atoms with Gasteiger partial charge in [0.25, 0.3) is 0 Å². The molecule has 0 radical (unpaired) electrons. The Kier molecular flexibility index (Phi) is 8.64. The fourth-order valence-corrected chi connectivity index (χ4v) is 1.24. The van der Waals surface area contributed by atoms with Gasteiger partial charge in [-0.25, -0.2) is 0 Å². The van der Waals surface area contributed by atoms with Crippen LogP contribution in [0.2, 0.25) is 0 Å². The summed E-state index contributed by atoms with van der Waals surface area (Å²) in [6.07, 6.45) is 11.2. The number of allylic oxidation sites excluding steroid dienone is 4. The molecule has 2 heteroatoms. The number of nitrogens with zero attached hydrogens (tertiary/aromatic N) is 1. The van der Waals surface area contributed by atoms with E-state index in [1.165, 1.54) is 0 Å². The molecule has 0 aliphatic rings. The second-order valence-corrected chi connectivity index (χ2v) is 3.64. The molecule has 1 atom stereocenters. The van der Waals surface area contributed by atoms with Crippen LogP contribution >= 0.6 is 0 Å². The van der Waals surface area contributed by atoms with E-state index in [-0.39, 0.29) is 6.23 Å². The average Bonchev–Trinajstić information content (AvgIpc) is 2.32. The summed E-state index contributed by atoms with van der Waals surface area (Å²) >= 11 is 0. The van der Waals surface area contributed by atoms with E-state index in [9.17, 15) is 0 Å². The highest BCUT2D eigenvalue weighted by Gasteiger charge is 2.11. The maximum absolute atomic E-state index is 5.94. The smallest absolute Gasteiger partial charge is 0.171 e. The van der Waals surface area contributed by atoms with Gasteiger partial charge in [-0.2, -0.15) is 0 Å². The summed E-state index contributed by atoms with van der Waals surface area (Å²) in [5.41, 5.74) is 0. The van der Waals surface area contributed by atoms with E-state index in [4.69, 9.17) is 4.74 Å². The first-order chi connectivity index (χ1) is 7.69. The normalized spacial score (nSPS) is 15.2. The minimum atomic E-state index is 0.0338. The highest BCUT2D eigenvalue weighted by molar-refractivity contribution is 5.01. The van der Waals surface area contributed by atoms with Crippen molar-refractivity contribution >= 4 is 0 Å². The van der Waals surface area contributed by atoms with E-state index in [1.807, 2.05) is 39.0 Å². The van der Waals surface area contributed by atoms with Crippen molar-refractivity contribution in [1.29, 1.82) is 0 Å². The molecule has 0 aromatic carbocycles. The summed E-state index contributed by atoms with van der Waals surface area (Å²) in [5.74, 6) is 1.02. The van der Waals surface area contributed by atoms with E-state index in [1.54, 1.807) is 0 Å². The molecule has 0 aliphatic heterocycles. The first-order valence-electron chi connectivity index (χ1n) is 5.95. The fraction of sp³-hybridized carbons (Fsp3) is 0.571. The van der Waals surface area contributed by atoms with Gasteiger partial charge in [0.05, 0.1) is 5.76 Å². The predicted molar refractivity (Wildman–Crippen MR) is 71.2 cm³/mol. The third-order valence-corrected chi connectivity index (χ3v) is 2.44. The van der Waals surface area contributed by atoms with Gasteiger partial charge >= 0.3 is 0 Å². The van der Waals surface area contributed by atoms with Crippen LogP contribution in [0.3, 0.4) is 0 Å². The summed E-state index contributed by atoms with van der Waals surface area (Å²) < 4.78 is 5.94. The Morgan fingerprint density at radius 2 is 1.94 bits per heavy atom. The summed E-state index contributed by atoms with van der Waals surface area (Å²) in [6, 6.07) is 0. The quantitative estimate of drug-likeness (QED) is 0.370. The van der Waals surface area contributed by atoms with Crippen molar-refractivity contribution in [2.75, 3.05) is 13.6 Å². The van der Waals surface area contributed by atoms with Gasteiger partial charge in [-0.3, -0.25) is 4.90 Å². The molecule has 0 amide bonds. The third-order valence-electron chi connectivity index (χ3n) is 2.44. The monoisotopic (exact) mass is 223 g/mol. The predicted octanol–water partition coefficient (Wildman–Crippen LogP) is 3.73. The summed E-state index contributed by atoms with van der Waals surface area (Å²) in [6.45, 7) is 9.14. The maximum Gasteiger partial charge on any atom is 0.171 e. The van der Waals surface area contributed by atoms with Crippen molar-refractivity contribution in [3.05, 3.63) is 36.1 Å². The molecule has 0 aliphatic carbocycles. The van der Waals surface area contributed by atoms with Crippen LogP contribution in [0.4, 0.5) is 0 Å². The lowest BCUT2D eigenvalue weighted by Gasteiger charge is -2.26. The van der Waals surface area contributed by atoms with Crippen LogP contribution in [0.15, 0.2) is 36.1 Å². The van der Waals surface area contributed by atoms with Crippen molar-refractivity contribution < 1.29 is 4.74 Å². The van der Waals surface area contributed by atoms with E-state index in [0.29, 0.717) is 0 Å². The second-order valence-electron chi connectivity index (χ2n) is 3.64.